The third-order valence-electron chi connectivity index (χ3n) is 3.56. The average Bonchev–Trinajstić information content (AvgIpc) is 2.95. The summed E-state index contributed by atoms with van der Waals surface area (Å²) in [5.74, 6) is 1.22. The molecule has 0 atom stereocenters. The van der Waals surface area contributed by atoms with Crippen molar-refractivity contribution in [1.29, 1.82) is 5.26 Å². The largest absolute Gasteiger partial charge is 0.456 e. The lowest BCUT2D eigenvalue weighted by atomic mass is 10.1. The minimum Gasteiger partial charge on any atom is -0.456 e. The van der Waals surface area contributed by atoms with Crippen molar-refractivity contribution < 1.29 is 9.53 Å². The molecule has 3 heteroatoms. The van der Waals surface area contributed by atoms with E-state index in [4.69, 9.17) is 10.00 Å². The highest BCUT2D eigenvalue weighted by Crippen LogP contribution is 2.30. The molecular weight excluding hydrogens is 250 g/mol. The molecule has 0 saturated carbocycles. The van der Waals surface area contributed by atoms with Crippen molar-refractivity contribution in [3.05, 3.63) is 58.7 Å². The second-order valence-electron chi connectivity index (χ2n) is 4.87. The third-order valence-corrected chi connectivity index (χ3v) is 3.56. The summed E-state index contributed by atoms with van der Waals surface area (Å²) in [7, 11) is 0. The standard InChI is InChI=1S/C17H13NO2/c18-10-15-8-12(11-19)4-7-17(15)20-16-6-5-13-2-1-3-14(13)9-16/h4-9,11H,1-3H2. The summed E-state index contributed by atoms with van der Waals surface area (Å²) < 4.78 is 5.79. The Balaban J connectivity index is 1.91. The smallest absolute Gasteiger partial charge is 0.150 e. The Bertz CT molecular complexity index is 713. The fourth-order valence-corrected chi connectivity index (χ4v) is 2.54. The van der Waals surface area contributed by atoms with E-state index in [9.17, 15) is 4.79 Å². The summed E-state index contributed by atoms with van der Waals surface area (Å²) in [6.45, 7) is 0. The number of hydrogen-bond acceptors (Lipinski definition) is 3. The highest BCUT2D eigenvalue weighted by molar-refractivity contribution is 5.76. The summed E-state index contributed by atoms with van der Waals surface area (Å²) in [6.07, 6.45) is 4.13. The third kappa shape index (κ3) is 2.28. The van der Waals surface area contributed by atoms with Crippen LogP contribution in [0.1, 0.15) is 33.5 Å². The van der Waals surface area contributed by atoms with E-state index in [1.54, 1.807) is 12.1 Å². The quantitative estimate of drug-likeness (QED) is 0.794. The van der Waals surface area contributed by atoms with Crippen LogP contribution in [0.3, 0.4) is 0 Å². The molecule has 2 aromatic carbocycles. The molecule has 2 aromatic rings. The van der Waals surface area contributed by atoms with Gasteiger partial charge in [0.2, 0.25) is 0 Å². The summed E-state index contributed by atoms with van der Waals surface area (Å²) >= 11 is 0. The highest BCUT2D eigenvalue weighted by Gasteiger charge is 2.12. The number of rotatable bonds is 3. The van der Waals surface area contributed by atoms with Gasteiger partial charge in [-0.05, 0) is 60.7 Å². The Morgan fingerprint density at radius 3 is 2.75 bits per heavy atom. The predicted octanol–water partition coefficient (Wildman–Crippen LogP) is 3.65. The molecule has 0 aromatic heterocycles. The number of aldehydes is 1. The molecule has 20 heavy (non-hydrogen) atoms. The summed E-state index contributed by atoms with van der Waals surface area (Å²) in [4.78, 5) is 10.7. The van der Waals surface area contributed by atoms with Gasteiger partial charge in [-0.3, -0.25) is 4.79 Å². The zero-order chi connectivity index (χ0) is 13.9. The van der Waals surface area contributed by atoms with Gasteiger partial charge < -0.3 is 4.74 Å². The second kappa shape index (κ2) is 5.18. The van der Waals surface area contributed by atoms with Gasteiger partial charge >= 0.3 is 0 Å². The molecule has 0 bridgehead atoms. The Hall–Kier alpha value is -2.60. The van der Waals surface area contributed by atoms with Crippen LogP contribution in [0.4, 0.5) is 0 Å². The maximum Gasteiger partial charge on any atom is 0.150 e. The summed E-state index contributed by atoms with van der Waals surface area (Å²) in [5.41, 5.74) is 3.55. The van der Waals surface area contributed by atoms with Crippen LogP contribution in [-0.2, 0) is 12.8 Å². The first kappa shape index (κ1) is 12.4. The van der Waals surface area contributed by atoms with Crippen LogP contribution < -0.4 is 4.74 Å². The van der Waals surface area contributed by atoms with E-state index < -0.39 is 0 Å². The minimum atomic E-state index is 0.370. The van der Waals surface area contributed by atoms with Crippen LogP contribution in [0.5, 0.6) is 11.5 Å². The van der Waals surface area contributed by atoms with Crippen molar-refractivity contribution in [1.82, 2.24) is 0 Å². The Kier molecular flexibility index (Phi) is 3.22. The second-order valence-corrected chi connectivity index (χ2v) is 4.87. The molecular formula is C17H13NO2. The number of ether oxygens (including phenoxy) is 1. The first-order chi connectivity index (χ1) is 9.80. The van der Waals surface area contributed by atoms with Gasteiger partial charge in [-0.25, -0.2) is 0 Å². The van der Waals surface area contributed by atoms with Gasteiger partial charge in [-0.2, -0.15) is 5.26 Å². The topological polar surface area (TPSA) is 50.1 Å². The van der Waals surface area contributed by atoms with E-state index in [1.807, 2.05) is 12.1 Å². The maximum absolute atomic E-state index is 10.7. The highest BCUT2D eigenvalue weighted by atomic mass is 16.5. The number of benzene rings is 2. The molecule has 3 nitrogen and oxygen atoms in total. The molecule has 0 saturated heterocycles. The van der Waals surface area contributed by atoms with E-state index in [-0.39, 0.29) is 0 Å². The van der Waals surface area contributed by atoms with Crippen molar-refractivity contribution in [2.75, 3.05) is 0 Å². The first-order valence-corrected chi connectivity index (χ1v) is 6.59. The zero-order valence-electron chi connectivity index (χ0n) is 10.9. The van der Waals surface area contributed by atoms with Gasteiger partial charge in [0, 0.05) is 5.56 Å². The fraction of sp³-hybridized carbons (Fsp3) is 0.176. The lowest BCUT2D eigenvalue weighted by Gasteiger charge is -2.09. The maximum atomic E-state index is 10.7. The number of hydrogen-bond donors (Lipinski definition) is 0. The molecule has 0 spiro atoms. The van der Waals surface area contributed by atoms with Gasteiger partial charge in [0.05, 0.1) is 5.56 Å². The van der Waals surface area contributed by atoms with Crippen LogP contribution in [0.2, 0.25) is 0 Å². The zero-order valence-corrected chi connectivity index (χ0v) is 10.9. The van der Waals surface area contributed by atoms with Gasteiger partial charge in [0.15, 0.2) is 0 Å². The summed E-state index contributed by atoms with van der Waals surface area (Å²) in [5, 5.41) is 9.13. The predicted molar refractivity (Wildman–Crippen MR) is 75.1 cm³/mol. The number of aryl methyl sites for hydroxylation is 2. The van der Waals surface area contributed by atoms with Crippen molar-refractivity contribution in [3.8, 4) is 17.6 Å². The number of nitriles is 1. The van der Waals surface area contributed by atoms with Gasteiger partial charge in [0.1, 0.15) is 23.9 Å². The van der Waals surface area contributed by atoms with Gasteiger partial charge in [-0.15, -0.1) is 0 Å². The van der Waals surface area contributed by atoms with Crippen LogP contribution in [0.25, 0.3) is 0 Å². The molecule has 98 valence electrons. The Morgan fingerprint density at radius 1 is 1.10 bits per heavy atom. The summed E-state index contributed by atoms with van der Waals surface area (Å²) in [6, 6.07) is 13.0. The van der Waals surface area contributed by atoms with Crippen LogP contribution >= 0.6 is 0 Å². The van der Waals surface area contributed by atoms with Crippen LogP contribution in [0.15, 0.2) is 36.4 Å². The number of nitrogens with zero attached hydrogens (tertiary/aromatic N) is 1. The lowest BCUT2D eigenvalue weighted by Crippen LogP contribution is -1.92. The monoisotopic (exact) mass is 263 g/mol. The molecule has 0 unspecified atom stereocenters. The van der Waals surface area contributed by atoms with Crippen molar-refractivity contribution in [2.45, 2.75) is 19.3 Å². The molecule has 0 heterocycles. The van der Waals surface area contributed by atoms with E-state index in [0.29, 0.717) is 16.9 Å². The average molecular weight is 263 g/mol. The van der Waals surface area contributed by atoms with E-state index in [1.165, 1.54) is 23.6 Å². The van der Waals surface area contributed by atoms with E-state index >= 15 is 0 Å². The Labute approximate surface area is 117 Å². The van der Waals surface area contributed by atoms with Gasteiger partial charge in [0.25, 0.3) is 0 Å². The minimum absolute atomic E-state index is 0.370. The number of carbonyl (C=O) groups excluding carboxylic acids is 1. The normalized spacial score (nSPS) is 12.6. The lowest BCUT2D eigenvalue weighted by molar-refractivity contribution is 0.112. The van der Waals surface area contributed by atoms with Crippen LogP contribution in [0, 0.1) is 11.3 Å². The van der Waals surface area contributed by atoms with Crippen molar-refractivity contribution in [2.24, 2.45) is 0 Å². The number of carbonyl (C=O) groups is 1. The molecule has 0 amide bonds. The molecule has 0 radical (unpaired) electrons. The van der Waals surface area contributed by atoms with Crippen LogP contribution in [-0.4, -0.2) is 6.29 Å². The van der Waals surface area contributed by atoms with Crippen molar-refractivity contribution in [3.63, 3.8) is 0 Å². The molecule has 1 aliphatic rings. The molecule has 0 N–H and O–H groups in total. The van der Waals surface area contributed by atoms with Gasteiger partial charge in [-0.1, -0.05) is 6.07 Å². The fourth-order valence-electron chi connectivity index (χ4n) is 2.54. The first-order valence-electron chi connectivity index (χ1n) is 6.59. The molecule has 0 aliphatic heterocycles. The van der Waals surface area contributed by atoms with E-state index in [2.05, 4.69) is 12.1 Å². The molecule has 3 rings (SSSR count). The Morgan fingerprint density at radius 2 is 1.95 bits per heavy atom. The van der Waals surface area contributed by atoms with Crippen molar-refractivity contribution >= 4 is 6.29 Å². The SMILES string of the molecule is N#Cc1cc(C=O)ccc1Oc1ccc2c(c1)CCC2. The molecule has 1 aliphatic carbocycles. The van der Waals surface area contributed by atoms with E-state index in [0.717, 1.165) is 24.9 Å². The number of fused-ring (bicyclic) bond motifs is 1. The molecule has 0 fully saturated rings.